The van der Waals surface area contributed by atoms with E-state index in [-0.39, 0.29) is 18.1 Å². The van der Waals surface area contributed by atoms with Crippen LogP contribution in [0.1, 0.15) is 16.1 Å². The van der Waals surface area contributed by atoms with Crippen molar-refractivity contribution in [3.05, 3.63) is 77.7 Å². The van der Waals surface area contributed by atoms with Crippen molar-refractivity contribution in [1.82, 2.24) is 10.3 Å². The van der Waals surface area contributed by atoms with Crippen LogP contribution in [0.25, 0.3) is 10.9 Å². The van der Waals surface area contributed by atoms with Crippen molar-refractivity contribution in [3.8, 4) is 0 Å². The number of para-hydroxylation sites is 1. The quantitative estimate of drug-likeness (QED) is 0.693. The highest BCUT2D eigenvalue weighted by Crippen LogP contribution is 2.12. The SMILES string of the molecule is O=C(COC(=O)c1ccc2ccccc2n1)NCCc1ccc(F)cc1. The van der Waals surface area contributed by atoms with E-state index in [4.69, 9.17) is 4.74 Å². The van der Waals surface area contributed by atoms with Crippen LogP contribution in [0.3, 0.4) is 0 Å². The number of carbonyl (C=O) groups excluding carboxylic acids is 2. The van der Waals surface area contributed by atoms with Crippen LogP contribution >= 0.6 is 0 Å². The third kappa shape index (κ3) is 4.63. The number of ether oxygens (including phenoxy) is 1. The average Bonchev–Trinajstić information content (AvgIpc) is 2.67. The molecule has 0 fully saturated rings. The van der Waals surface area contributed by atoms with Crippen molar-refractivity contribution < 1.29 is 18.7 Å². The van der Waals surface area contributed by atoms with E-state index in [9.17, 15) is 14.0 Å². The van der Waals surface area contributed by atoms with E-state index in [0.29, 0.717) is 18.5 Å². The van der Waals surface area contributed by atoms with E-state index in [1.54, 1.807) is 30.3 Å². The fraction of sp³-hybridized carbons (Fsp3) is 0.150. The zero-order chi connectivity index (χ0) is 18.4. The van der Waals surface area contributed by atoms with Crippen molar-refractivity contribution in [3.63, 3.8) is 0 Å². The maximum Gasteiger partial charge on any atom is 0.357 e. The summed E-state index contributed by atoms with van der Waals surface area (Å²) in [5, 5.41) is 3.57. The van der Waals surface area contributed by atoms with Crippen LogP contribution in [-0.4, -0.2) is 30.0 Å². The number of aromatic nitrogens is 1. The molecule has 0 unspecified atom stereocenters. The van der Waals surface area contributed by atoms with Gasteiger partial charge in [0.15, 0.2) is 6.61 Å². The normalized spacial score (nSPS) is 10.5. The first-order chi connectivity index (χ1) is 12.6. The van der Waals surface area contributed by atoms with Gasteiger partial charge in [-0.1, -0.05) is 36.4 Å². The lowest BCUT2D eigenvalue weighted by Gasteiger charge is -2.07. The van der Waals surface area contributed by atoms with E-state index in [1.165, 1.54) is 12.1 Å². The summed E-state index contributed by atoms with van der Waals surface area (Å²) < 4.78 is 17.8. The Balaban J connectivity index is 1.45. The lowest BCUT2D eigenvalue weighted by Crippen LogP contribution is -2.30. The second kappa shape index (κ2) is 8.20. The lowest BCUT2D eigenvalue weighted by molar-refractivity contribution is -0.124. The minimum Gasteiger partial charge on any atom is -0.451 e. The Morgan fingerprint density at radius 3 is 2.58 bits per heavy atom. The van der Waals surface area contributed by atoms with Gasteiger partial charge in [0.25, 0.3) is 5.91 Å². The number of pyridine rings is 1. The summed E-state index contributed by atoms with van der Waals surface area (Å²) in [5.41, 5.74) is 1.75. The maximum atomic E-state index is 12.8. The number of rotatable bonds is 6. The van der Waals surface area contributed by atoms with Gasteiger partial charge in [-0.05, 0) is 36.2 Å². The predicted octanol–water partition coefficient (Wildman–Crippen LogP) is 2.89. The average molecular weight is 352 g/mol. The molecule has 0 aliphatic heterocycles. The van der Waals surface area contributed by atoms with Crippen LogP contribution in [0.5, 0.6) is 0 Å². The van der Waals surface area contributed by atoms with E-state index < -0.39 is 11.9 Å². The Morgan fingerprint density at radius 2 is 1.77 bits per heavy atom. The Morgan fingerprint density at radius 1 is 1.00 bits per heavy atom. The predicted molar refractivity (Wildman–Crippen MR) is 95.1 cm³/mol. The monoisotopic (exact) mass is 352 g/mol. The highest BCUT2D eigenvalue weighted by Gasteiger charge is 2.12. The lowest BCUT2D eigenvalue weighted by atomic mass is 10.1. The summed E-state index contributed by atoms with van der Waals surface area (Å²) in [5.74, 6) is -1.35. The van der Waals surface area contributed by atoms with Gasteiger partial charge >= 0.3 is 5.97 Å². The van der Waals surface area contributed by atoms with Crippen molar-refractivity contribution >= 4 is 22.8 Å². The number of esters is 1. The van der Waals surface area contributed by atoms with Crippen LogP contribution in [0.15, 0.2) is 60.7 Å². The largest absolute Gasteiger partial charge is 0.451 e. The number of hydrogen-bond donors (Lipinski definition) is 1. The molecule has 0 saturated carbocycles. The summed E-state index contributed by atoms with van der Waals surface area (Å²) in [6, 6.07) is 16.8. The first-order valence-corrected chi connectivity index (χ1v) is 8.16. The Kier molecular flexibility index (Phi) is 5.53. The first-order valence-electron chi connectivity index (χ1n) is 8.16. The first kappa shape index (κ1) is 17.5. The van der Waals surface area contributed by atoms with E-state index >= 15 is 0 Å². The molecule has 0 spiro atoms. The molecule has 132 valence electrons. The summed E-state index contributed by atoms with van der Waals surface area (Å²) in [4.78, 5) is 28.0. The molecule has 0 atom stereocenters. The zero-order valence-electron chi connectivity index (χ0n) is 13.9. The summed E-state index contributed by atoms with van der Waals surface area (Å²) in [7, 11) is 0. The minimum atomic E-state index is -0.649. The Bertz CT molecular complexity index is 926. The highest BCUT2D eigenvalue weighted by molar-refractivity contribution is 5.92. The van der Waals surface area contributed by atoms with Crippen molar-refractivity contribution in [2.45, 2.75) is 6.42 Å². The molecule has 0 bridgehead atoms. The molecule has 26 heavy (non-hydrogen) atoms. The molecule has 0 radical (unpaired) electrons. The minimum absolute atomic E-state index is 0.155. The van der Waals surface area contributed by atoms with Gasteiger partial charge < -0.3 is 10.1 Å². The highest BCUT2D eigenvalue weighted by atomic mass is 19.1. The molecule has 5 nitrogen and oxygen atoms in total. The van der Waals surface area contributed by atoms with Gasteiger partial charge in [-0.15, -0.1) is 0 Å². The number of carbonyl (C=O) groups is 2. The van der Waals surface area contributed by atoms with E-state index in [1.807, 2.05) is 18.2 Å². The van der Waals surface area contributed by atoms with Gasteiger partial charge in [0, 0.05) is 11.9 Å². The third-order valence-corrected chi connectivity index (χ3v) is 3.79. The number of halogens is 1. The fourth-order valence-corrected chi connectivity index (χ4v) is 2.43. The number of nitrogens with one attached hydrogen (secondary N) is 1. The van der Waals surface area contributed by atoms with Crippen LogP contribution in [0, 0.1) is 5.82 Å². The van der Waals surface area contributed by atoms with Crippen molar-refractivity contribution in [2.75, 3.05) is 13.2 Å². The standard InChI is InChI=1S/C20H17FN2O3/c21-16-8-5-14(6-9-16)11-12-22-19(24)13-26-20(25)18-10-7-15-3-1-2-4-17(15)23-18/h1-10H,11-13H2,(H,22,24). The molecule has 6 heteroatoms. The van der Waals surface area contributed by atoms with Gasteiger partial charge in [-0.2, -0.15) is 0 Å². The molecular weight excluding hydrogens is 335 g/mol. The Hall–Kier alpha value is -3.28. The Labute approximate surface area is 149 Å². The second-order valence-corrected chi connectivity index (χ2v) is 5.69. The van der Waals surface area contributed by atoms with Crippen LogP contribution in [-0.2, 0) is 16.0 Å². The van der Waals surface area contributed by atoms with Crippen LogP contribution in [0.2, 0.25) is 0 Å². The number of hydrogen-bond acceptors (Lipinski definition) is 4. The topological polar surface area (TPSA) is 68.3 Å². The van der Waals surface area contributed by atoms with Gasteiger partial charge in [0.05, 0.1) is 5.52 Å². The maximum absolute atomic E-state index is 12.8. The molecule has 1 aromatic heterocycles. The van der Waals surface area contributed by atoms with Gasteiger partial charge in [0.1, 0.15) is 11.5 Å². The molecule has 0 aliphatic carbocycles. The second-order valence-electron chi connectivity index (χ2n) is 5.69. The summed E-state index contributed by atoms with van der Waals surface area (Å²) in [6.07, 6.45) is 0.562. The zero-order valence-corrected chi connectivity index (χ0v) is 13.9. The number of nitrogens with zero attached hydrogens (tertiary/aromatic N) is 1. The molecule has 3 aromatic rings. The summed E-state index contributed by atoms with van der Waals surface area (Å²) >= 11 is 0. The molecule has 1 heterocycles. The van der Waals surface area contributed by atoms with Gasteiger partial charge in [-0.25, -0.2) is 14.2 Å². The van der Waals surface area contributed by atoms with Crippen molar-refractivity contribution in [1.29, 1.82) is 0 Å². The van der Waals surface area contributed by atoms with Gasteiger partial charge in [0.2, 0.25) is 0 Å². The smallest absolute Gasteiger partial charge is 0.357 e. The summed E-state index contributed by atoms with van der Waals surface area (Å²) in [6.45, 7) is -0.00695. The van der Waals surface area contributed by atoms with E-state index in [2.05, 4.69) is 10.3 Å². The van der Waals surface area contributed by atoms with Gasteiger partial charge in [-0.3, -0.25) is 4.79 Å². The molecular formula is C20H17FN2O3. The molecule has 1 N–H and O–H groups in total. The third-order valence-electron chi connectivity index (χ3n) is 3.79. The molecule has 1 amide bonds. The molecule has 2 aromatic carbocycles. The molecule has 0 saturated heterocycles. The van der Waals surface area contributed by atoms with Crippen molar-refractivity contribution in [2.24, 2.45) is 0 Å². The fourth-order valence-electron chi connectivity index (χ4n) is 2.43. The number of amides is 1. The van der Waals surface area contributed by atoms with E-state index in [0.717, 1.165) is 10.9 Å². The number of benzene rings is 2. The molecule has 0 aliphatic rings. The molecule has 3 rings (SSSR count). The van der Waals surface area contributed by atoms with Crippen LogP contribution < -0.4 is 5.32 Å². The number of fused-ring (bicyclic) bond motifs is 1. The van der Waals surface area contributed by atoms with Crippen LogP contribution in [0.4, 0.5) is 4.39 Å².